The second-order valence-corrected chi connectivity index (χ2v) is 8.46. The highest BCUT2D eigenvalue weighted by molar-refractivity contribution is 8.00. The third-order valence-corrected chi connectivity index (χ3v) is 5.46. The molecular weight excluding hydrogens is 336 g/mol. The topological polar surface area (TPSA) is 83.3 Å². The zero-order valence-corrected chi connectivity index (χ0v) is 16.1. The number of thioether (sulfide) groups is 1. The van der Waals surface area contributed by atoms with Gasteiger partial charge < -0.3 is 15.5 Å². The van der Waals surface area contributed by atoms with Crippen LogP contribution in [0.3, 0.4) is 0 Å². The number of rotatable bonds is 4. The zero-order chi connectivity index (χ0) is 17.9. The molecule has 0 amide bonds. The molecule has 1 aliphatic heterocycles. The molecule has 3 heterocycles. The highest BCUT2D eigenvalue weighted by Crippen LogP contribution is 2.29. The van der Waals surface area contributed by atoms with Crippen molar-refractivity contribution in [1.82, 2.24) is 30.0 Å². The monoisotopic (exact) mass is 362 g/mol. The Bertz CT molecular complexity index is 754. The number of fused-ring (bicyclic) bond motifs is 1. The first-order valence-corrected chi connectivity index (χ1v) is 9.45. The predicted molar refractivity (Wildman–Crippen MR) is 104 cm³/mol. The molecule has 1 saturated heterocycles. The fourth-order valence-corrected chi connectivity index (χ4v) is 4.10. The maximum Gasteiger partial charge on any atom is 0.193 e. The second kappa shape index (κ2) is 7.47. The minimum absolute atomic E-state index is 0.265. The molecule has 0 bridgehead atoms. The molecular formula is C16H26N8S. The average molecular weight is 363 g/mol. The van der Waals surface area contributed by atoms with Crippen LogP contribution in [0.1, 0.15) is 13.8 Å². The van der Waals surface area contributed by atoms with Gasteiger partial charge in [0.15, 0.2) is 11.6 Å². The lowest BCUT2D eigenvalue weighted by molar-refractivity contribution is 0.376. The van der Waals surface area contributed by atoms with E-state index in [1.165, 1.54) is 0 Å². The van der Waals surface area contributed by atoms with E-state index >= 15 is 0 Å². The molecule has 1 fully saturated rings. The molecule has 0 unspecified atom stereocenters. The Morgan fingerprint density at radius 1 is 1.36 bits per heavy atom. The van der Waals surface area contributed by atoms with Gasteiger partial charge >= 0.3 is 0 Å². The Balaban J connectivity index is 1.53. The van der Waals surface area contributed by atoms with Crippen LogP contribution in [0.25, 0.3) is 11.0 Å². The molecule has 25 heavy (non-hydrogen) atoms. The third-order valence-electron chi connectivity index (χ3n) is 4.17. The molecule has 0 atom stereocenters. The van der Waals surface area contributed by atoms with Gasteiger partial charge in [-0.1, -0.05) is 0 Å². The first-order chi connectivity index (χ1) is 12.0. The highest BCUT2D eigenvalue weighted by Gasteiger charge is 2.28. The lowest BCUT2D eigenvalue weighted by atomic mass is 10.2. The number of nitrogens with one attached hydrogen (secondary N) is 2. The van der Waals surface area contributed by atoms with Gasteiger partial charge in [0.1, 0.15) is 12.1 Å². The van der Waals surface area contributed by atoms with Crippen molar-refractivity contribution in [3.63, 3.8) is 0 Å². The van der Waals surface area contributed by atoms with Crippen LogP contribution in [-0.2, 0) is 7.05 Å². The van der Waals surface area contributed by atoms with E-state index in [0.717, 1.165) is 54.7 Å². The summed E-state index contributed by atoms with van der Waals surface area (Å²) in [6, 6.07) is 0. The Hall–Kier alpha value is -2.03. The molecule has 3 rings (SSSR count). The van der Waals surface area contributed by atoms with Crippen molar-refractivity contribution in [3.8, 4) is 0 Å². The van der Waals surface area contributed by atoms with Crippen molar-refractivity contribution >= 4 is 34.6 Å². The van der Waals surface area contributed by atoms with Gasteiger partial charge in [-0.25, -0.2) is 9.97 Å². The fraction of sp³-hybridized carbons (Fsp3) is 0.625. The van der Waals surface area contributed by atoms with Gasteiger partial charge in [0.25, 0.3) is 0 Å². The fourth-order valence-electron chi connectivity index (χ4n) is 2.99. The molecule has 8 nitrogen and oxygen atoms in total. The zero-order valence-electron chi connectivity index (χ0n) is 15.3. The normalized spacial score (nSPS) is 17.8. The van der Waals surface area contributed by atoms with E-state index in [-0.39, 0.29) is 4.75 Å². The van der Waals surface area contributed by atoms with Gasteiger partial charge in [-0.3, -0.25) is 9.67 Å². The summed E-state index contributed by atoms with van der Waals surface area (Å²) in [6.45, 7) is 8.12. The van der Waals surface area contributed by atoms with Crippen LogP contribution in [0.5, 0.6) is 0 Å². The standard InChI is InChI=1S/C16H26N8S/c1-16(2)10-24(7-8-25-16)15(17-3)19-6-5-18-13-12-9-22-23(4)14(12)21-11-20-13/h9,11H,5-8,10H2,1-4H3,(H,17,19)(H,18,20,21). The number of aryl methyl sites for hydroxylation is 1. The minimum atomic E-state index is 0.265. The predicted octanol–water partition coefficient (Wildman–Crippen LogP) is 1.18. The van der Waals surface area contributed by atoms with Crippen LogP contribution < -0.4 is 10.6 Å². The maximum absolute atomic E-state index is 4.43. The van der Waals surface area contributed by atoms with E-state index in [9.17, 15) is 0 Å². The lowest BCUT2D eigenvalue weighted by Crippen LogP contribution is -2.51. The molecule has 2 N–H and O–H groups in total. The van der Waals surface area contributed by atoms with E-state index in [2.05, 4.69) is 49.4 Å². The molecule has 0 radical (unpaired) electrons. The van der Waals surface area contributed by atoms with E-state index in [1.807, 2.05) is 25.9 Å². The summed E-state index contributed by atoms with van der Waals surface area (Å²) in [7, 11) is 3.72. The van der Waals surface area contributed by atoms with Crippen LogP contribution in [0.4, 0.5) is 5.82 Å². The second-order valence-electron chi connectivity index (χ2n) is 6.66. The molecule has 136 valence electrons. The largest absolute Gasteiger partial charge is 0.368 e. The van der Waals surface area contributed by atoms with E-state index in [4.69, 9.17) is 0 Å². The Labute approximate surface area is 152 Å². The quantitative estimate of drug-likeness (QED) is 0.480. The summed E-state index contributed by atoms with van der Waals surface area (Å²) < 4.78 is 2.01. The summed E-state index contributed by atoms with van der Waals surface area (Å²) >= 11 is 2.02. The molecule has 2 aromatic rings. The van der Waals surface area contributed by atoms with Gasteiger partial charge in [-0.15, -0.1) is 0 Å². The summed E-state index contributed by atoms with van der Waals surface area (Å²) in [5, 5.41) is 12.0. The van der Waals surface area contributed by atoms with Crippen LogP contribution in [0, 0.1) is 0 Å². The van der Waals surface area contributed by atoms with Gasteiger partial charge in [0, 0.05) is 50.8 Å². The van der Waals surface area contributed by atoms with Crippen molar-refractivity contribution in [2.45, 2.75) is 18.6 Å². The average Bonchev–Trinajstić information content (AvgIpc) is 2.96. The van der Waals surface area contributed by atoms with Crippen molar-refractivity contribution in [2.24, 2.45) is 12.0 Å². The molecule has 0 spiro atoms. The van der Waals surface area contributed by atoms with E-state index in [1.54, 1.807) is 17.2 Å². The van der Waals surface area contributed by atoms with Crippen LogP contribution in [0.15, 0.2) is 17.5 Å². The van der Waals surface area contributed by atoms with Gasteiger partial charge in [0.05, 0.1) is 11.6 Å². The molecule has 0 saturated carbocycles. The summed E-state index contributed by atoms with van der Waals surface area (Å²) in [4.78, 5) is 15.3. The molecule has 0 aromatic carbocycles. The highest BCUT2D eigenvalue weighted by atomic mass is 32.2. The summed E-state index contributed by atoms with van der Waals surface area (Å²) in [5.41, 5.74) is 0.828. The number of hydrogen-bond donors (Lipinski definition) is 2. The number of nitrogens with zero attached hydrogens (tertiary/aromatic N) is 6. The molecule has 0 aliphatic carbocycles. The maximum atomic E-state index is 4.43. The van der Waals surface area contributed by atoms with Crippen molar-refractivity contribution in [2.75, 3.05) is 44.3 Å². The first-order valence-electron chi connectivity index (χ1n) is 8.46. The number of aliphatic imine (C=N–C) groups is 1. The van der Waals surface area contributed by atoms with E-state index < -0.39 is 0 Å². The number of hydrogen-bond acceptors (Lipinski definition) is 6. The lowest BCUT2D eigenvalue weighted by Gasteiger charge is -2.39. The Morgan fingerprint density at radius 2 is 2.20 bits per heavy atom. The van der Waals surface area contributed by atoms with Crippen molar-refractivity contribution in [1.29, 1.82) is 0 Å². The van der Waals surface area contributed by atoms with Gasteiger partial charge in [-0.2, -0.15) is 16.9 Å². The smallest absolute Gasteiger partial charge is 0.193 e. The van der Waals surface area contributed by atoms with Crippen LogP contribution in [-0.4, -0.2) is 74.3 Å². The summed E-state index contributed by atoms with van der Waals surface area (Å²) in [6.07, 6.45) is 3.35. The molecule has 2 aromatic heterocycles. The van der Waals surface area contributed by atoms with Crippen molar-refractivity contribution in [3.05, 3.63) is 12.5 Å². The number of guanidine groups is 1. The molecule has 1 aliphatic rings. The van der Waals surface area contributed by atoms with Crippen LogP contribution in [0.2, 0.25) is 0 Å². The van der Waals surface area contributed by atoms with Crippen LogP contribution >= 0.6 is 11.8 Å². The van der Waals surface area contributed by atoms with E-state index in [0.29, 0.717) is 0 Å². The Kier molecular flexibility index (Phi) is 5.31. The number of aromatic nitrogens is 4. The Morgan fingerprint density at radius 3 is 2.96 bits per heavy atom. The minimum Gasteiger partial charge on any atom is -0.368 e. The SMILES string of the molecule is CN=C(NCCNc1ncnc2c1cnn2C)N1CCSC(C)(C)C1. The van der Waals surface area contributed by atoms with Crippen molar-refractivity contribution < 1.29 is 0 Å². The van der Waals surface area contributed by atoms with Gasteiger partial charge in [0.2, 0.25) is 0 Å². The number of anilines is 1. The van der Waals surface area contributed by atoms with Gasteiger partial charge in [-0.05, 0) is 13.8 Å². The first kappa shape index (κ1) is 17.8. The summed E-state index contributed by atoms with van der Waals surface area (Å²) in [5.74, 6) is 2.90. The molecule has 9 heteroatoms. The third kappa shape index (κ3) is 4.15.